The zero-order valence-electron chi connectivity index (χ0n) is 10.4. The molecule has 3 nitrogen and oxygen atoms in total. The Balaban J connectivity index is 2.33. The van der Waals surface area contributed by atoms with Crippen LogP contribution in [0.3, 0.4) is 0 Å². The molecule has 0 aliphatic carbocycles. The standard InChI is InChI=1S/C13H19ClN2O/c1-9-6-10(2)13(12(14)7-9)16-5-3-4-11(16)8-17-15/h6-7,11H,3-5,8,15H2,1-2H3. The van der Waals surface area contributed by atoms with E-state index >= 15 is 0 Å². The molecule has 1 heterocycles. The Morgan fingerprint density at radius 1 is 1.47 bits per heavy atom. The van der Waals surface area contributed by atoms with Crippen molar-refractivity contribution in [2.45, 2.75) is 32.7 Å². The fraction of sp³-hybridized carbons (Fsp3) is 0.538. The molecule has 1 fully saturated rings. The normalized spacial score (nSPS) is 20.0. The van der Waals surface area contributed by atoms with Crippen molar-refractivity contribution in [2.24, 2.45) is 5.90 Å². The molecule has 0 radical (unpaired) electrons. The third kappa shape index (κ3) is 2.57. The van der Waals surface area contributed by atoms with Crippen LogP contribution in [0.5, 0.6) is 0 Å². The first-order valence-electron chi connectivity index (χ1n) is 5.98. The number of aryl methyl sites for hydroxylation is 2. The SMILES string of the molecule is Cc1cc(C)c(N2CCCC2CON)c(Cl)c1. The summed E-state index contributed by atoms with van der Waals surface area (Å²) >= 11 is 6.37. The van der Waals surface area contributed by atoms with Crippen molar-refractivity contribution in [3.05, 3.63) is 28.3 Å². The van der Waals surface area contributed by atoms with Crippen LogP contribution in [0.15, 0.2) is 12.1 Å². The van der Waals surface area contributed by atoms with Crippen molar-refractivity contribution in [1.29, 1.82) is 0 Å². The zero-order chi connectivity index (χ0) is 12.4. The molecule has 1 aliphatic heterocycles. The van der Waals surface area contributed by atoms with Gasteiger partial charge in [-0.1, -0.05) is 17.7 Å². The summed E-state index contributed by atoms with van der Waals surface area (Å²) in [5.41, 5.74) is 3.55. The maximum atomic E-state index is 6.37. The van der Waals surface area contributed by atoms with Gasteiger partial charge in [0.25, 0.3) is 0 Å². The molecule has 94 valence electrons. The number of rotatable bonds is 3. The predicted molar refractivity (Wildman–Crippen MR) is 71.4 cm³/mol. The summed E-state index contributed by atoms with van der Waals surface area (Å²) in [6, 6.07) is 4.53. The molecular formula is C13H19ClN2O. The molecule has 17 heavy (non-hydrogen) atoms. The van der Waals surface area contributed by atoms with Gasteiger partial charge < -0.3 is 9.74 Å². The maximum absolute atomic E-state index is 6.37. The molecular weight excluding hydrogens is 236 g/mol. The van der Waals surface area contributed by atoms with E-state index in [2.05, 4.69) is 24.8 Å². The van der Waals surface area contributed by atoms with Gasteiger partial charge in [-0.3, -0.25) is 0 Å². The van der Waals surface area contributed by atoms with E-state index in [0.717, 1.165) is 30.1 Å². The predicted octanol–water partition coefficient (Wildman–Crippen LogP) is 2.82. The Morgan fingerprint density at radius 2 is 2.24 bits per heavy atom. The molecule has 1 aromatic rings. The minimum atomic E-state index is 0.346. The van der Waals surface area contributed by atoms with Gasteiger partial charge in [0, 0.05) is 6.54 Å². The second kappa shape index (κ2) is 5.25. The fourth-order valence-electron chi connectivity index (χ4n) is 2.69. The van der Waals surface area contributed by atoms with Crippen LogP contribution in [0.2, 0.25) is 5.02 Å². The van der Waals surface area contributed by atoms with Crippen LogP contribution < -0.4 is 10.8 Å². The largest absolute Gasteiger partial charge is 0.365 e. The van der Waals surface area contributed by atoms with Gasteiger partial charge >= 0.3 is 0 Å². The molecule has 0 bridgehead atoms. The lowest BCUT2D eigenvalue weighted by molar-refractivity contribution is 0.124. The lowest BCUT2D eigenvalue weighted by atomic mass is 10.1. The molecule has 1 aliphatic rings. The van der Waals surface area contributed by atoms with Crippen LogP contribution in [0.25, 0.3) is 0 Å². The van der Waals surface area contributed by atoms with Gasteiger partial charge in [0.05, 0.1) is 23.4 Å². The summed E-state index contributed by atoms with van der Waals surface area (Å²) in [5, 5.41) is 0.825. The summed E-state index contributed by atoms with van der Waals surface area (Å²) in [6.45, 7) is 5.75. The van der Waals surface area contributed by atoms with E-state index in [-0.39, 0.29) is 0 Å². The van der Waals surface area contributed by atoms with Crippen LogP contribution in [0, 0.1) is 13.8 Å². The molecule has 0 aromatic heterocycles. The minimum absolute atomic E-state index is 0.346. The van der Waals surface area contributed by atoms with Crippen LogP contribution in [-0.2, 0) is 4.84 Å². The molecule has 1 unspecified atom stereocenters. The number of nitrogens with two attached hydrogens (primary N) is 1. The Morgan fingerprint density at radius 3 is 2.88 bits per heavy atom. The molecule has 0 spiro atoms. The molecule has 2 N–H and O–H groups in total. The molecule has 1 aromatic carbocycles. The quantitative estimate of drug-likeness (QED) is 0.843. The number of benzene rings is 1. The van der Waals surface area contributed by atoms with Gasteiger partial charge in [-0.15, -0.1) is 0 Å². The van der Waals surface area contributed by atoms with Crippen molar-refractivity contribution in [3.63, 3.8) is 0 Å². The second-order valence-electron chi connectivity index (χ2n) is 4.74. The Labute approximate surface area is 107 Å². The van der Waals surface area contributed by atoms with Gasteiger partial charge in [-0.2, -0.15) is 0 Å². The van der Waals surface area contributed by atoms with Gasteiger partial charge in [-0.25, -0.2) is 5.90 Å². The number of anilines is 1. The smallest absolute Gasteiger partial charge is 0.0882 e. The van der Waals surface area contributed by atoms with Crippen LogP contribution in [0.1, 0.15) is 24.0 Å². The molecule has 4 heteroatoms. The van der Waals surface area contributed by atoms with Crippen molar-refractivity contribution >= 4 is 17.3 Å². The highest BCUT2D eigenvalue weighted by atomic mass is 35.5. The van der Waals surface area contributed by atoms with E-state index in [1.807, 2.05) is 6.07 Å². The highest BCUT2D eigenvalue weighted by Gasteiger charge is 2.27. The Hall–Kier alpha value is -0.770. The summed E-state index contributed by atoms with van der Waals surface area (Å²) in [4.78, 5) is 7.12. The summed E-state index contributed by atoms with van der Waals surface area (Å²) in [7, 11) is 0. The van der Waals surface area contributed by atoms with E-state index in [1.165, 1.54) is 11.1 Å². The second-order valence-corrected chi connectivity index (χ2v) is 5.14. The number of hydrogen-bond donors (Lipinski definition) is 1. The number of halogens is 1. The van der Waals surface area contributed by atoms with Crippen molar-refractivity contribution < 1.29 is 4.84 Å². The Kier molecular flexibility index (Phi) is 3.92. The minimum Gasteiger partial charge on any atom is -0.365 e. The monoisotopic (exact) mass is 254 g/mol. The highest BCUT2D eigenvalue weighted by Crippen LogP contribution is 2.35. The summed E-state index contributed by atoms with van der Waals surface area (Å²) in [5.74, 6) is 5.19. The molecule has 1 atom stereocenters. The zero-order valence-corrected chi connectivity index (χ0v) is 11.1. The summed E-state index contributed by atoms with van der Waals surface area (Å²) < 4.78 is 0. The first kappa shape index (κ1) is 12.7. The Bertz CT molecular complexity index is 385. The first-order valence-corrected chi connectivity index (χ1v) is 6.36. The van der Waals surface area contributed by atoms with Gasteiger partial charge in [0.2, 0.25) is 0 Å². The van der Waals surface area contributed by atoms with E-state index in [4.69, 9.17) is 22.3 Å². The lowest BCUT2D eigenvalue weighted by Gasteiger charge is -2.28. The van der Waals surface area contributed by atoms with Crippen molar-refractivity contribution in [2.75, 3.05) is 18.1 Å². The third-order valence-electron chi connectivity index (χ3n) is 3.35. The van der Waals surface area contributed by atoms with Gasteiger partial charge in [-0.05, 0) is 43.9 Å². The van der Waals surface area contributed by atoms with Crippen molar-refractivity contribution in [3.8, 4) is 0 Å². The maximum Gasteiger partial charge on any atom is 0.0882 e. The van der Waals surface area contributed by atoms with Gasteiger partial charge in [0.15, 0.2) is 0 Å². The number of nitrogens with zero attached hydrogens (tertiary/aromatic N) is 1. The van der Waals surface area contributed by atoms with Gasteiger partial charge in [0.1, 0.15) is 0 Å². The van der Waals surface area contributed by atoms with E-state index in [0.29, 0.717) is 12.6 Å². The number of hydrogen-bond acceptors (Lipinski definition) is 3. The van der Waals surface area contributed by atoms with E-state index in [9.17, 15) is 0 Å². The van der Waals surface area contributed by atoms with Crippen LogP contribution >= 0.6 is 11.6 Å². The molecule has 0 amide bonds. The average molecular weight is 255 g/mol. The fourth-order valence-corrected chi connectivity index (χ4v) is 3.12. The lowest BCUT2D eigenvalue weighted by Crippen LogP contribution is -2.34. The molecule has 0 saturated carbocycles. The first-order chi connectivity index (χ1) is 8.13. The third-order valence-corrected chi connectivity index (χ3v) is 3.64. The molecule has 2 rings (SSSR count). The van der Waals surface area contributed by atoms with Crippen LogP contribution in [0.4, 0.5) is 5.69 Å². The summed E-state index contributed by atoms with van der Waals surface area (Å²) in [6.07, 6.45) is 2.28. The highest BCUT2D eigenvalue weighted by molar-refractivity contribution is 6.33. The topological polar surface area (TPSA) is 38.5 Å². The van der Waals surface area contributed by atoms with Crippen molar-refractivity contribution in [1.82, 2.24) is 0 Å². The van der Waals surface area contributed by atoms with E-state index < -0.39 is 0 Å². The average Bonchev–Trinajstić information content (AvgIpc) is 2.65. The van der Waals surface area contributed by atoms with Crippen LogP contribution in [-0.4, -0.2) is 19.2 Å². The van der Waals surface area contributed by atoms with E-state index in [1.54, 1.807) is 0 Å². The molecule has 1 saturated heterocycles.